The number of carbonyl (C=O) groups is 1. The van der Waals surface area contributed by atoms with Crippen molar-refractivity contribution >= 4 is 28.8 Å². The number of allylic oxidation sites excluding steroid dienone is 1. The van der Waals surface area contributed by atoms with Crippen molar-refractivity contribution in [2.24, 2.45) is 0 Å². The molecule has 3 rings (SSSR count). The molecule has 0 saturated heterocycles. The van der Waals surface area contributed by atoms with Crippen LogP contribution in [0, 0.1) is 0 Å². The summed E-state index contributed by atoms with van der Waals surface area (Å²) in [5, 5.41) is 11.2. The van der Waals surface area contributed by atoms with E-state index in [0.717, 1.165) is 11.3 Å². The summed E-state index contributed by atoms with van der Waals surface area (Å²) in [5.41, 5.74) is 1.69. The standard InChI is InChI=1S/C14H10N2O2S/c17-11(14-12(18)6-9-19-14)5-4-10-2-1-3-13-15-7-8-16(10)13/h1-9,18H. The molecule has 0 spiro atoms. The molecule has 0 aliphatic rings. The lowest BCUT2D eigenvalue weighted by Crippen LogP contribution is -1.92. The number of hydrogen-bond donors (Lipinski definition) is 1. The summed E-state index contributed by atoms with van der Waals surface area (Å²) in [6, 6.07) is 7.19. The lowest BCUT2D eigenvalue weighted by atomic mass is 10.2. The second-order valence-electron chi connectivity index (χ2n) is 3.94. The van der Waals surface area contributed by atoms with Crippen LogP contribution in [0.2, 0.25) is 0 Å². The number of rotatable bonds is 3. The van der Waals surface area contributed by atoms with Crippen LogP contribution in [-0.4, -0.2) is 20.3 Å². The van der Waals surface area contributed by atoms with Gasteiger partial charge in [-0.15, -0.1) is 11.3 Å². The van der Waals surface area contributed by atoms with Crippen LogP contribution in [-0.2, 0) is 0 Å². The van der Waals surface area contributed by atoms with Crippen molar-refractivity contribution in [2.45, 2.75) is 0 Å². The van der Waals surface area contributed by atoms with Gasteiger partial charge in [-0.3, -0.25) is 4.79 Å². The highest BCUT2D eigenvalue weighted by atomic mass is 32.1. The summed E-state index contributed by atoms with van der Waals surface area (Å²) < 4.78 is 1.89. The number of nitrogens with zero attached hydrogens (tertiary/aromatic N) is 2. The number of carbonyl (C=O) groups excluding carboxylic acids is 1. The number of ketones is 1. The number of thiophene rings is 1. The topological polar surface area (TPSA) is 54.6 Å². The van der Waals surface area contributed by atoms with Crippen LogP contribution in [0.1, 0.15) is 15.4 Å². The third kappa shape index (κ3) is 2.15. The maximum atomic E-state index is 11.9. The third-order valence-corrected chi connectivity index (χ3v) is 3.65. The Labute approximate surface area is 113 Å². The minimum absolute atomic E-state index is 0.0282. The van der Waals surface area contributed by atoms with Crippen molar-refractivity contribution in [3.05, 3.63) is 58.7 Å². The SMILES string of the molecule is O=C(C=Cc1cccc2nccn12)c1sccc1O. The number of imidazole rings is 1. The van der Waals surface area contributed by atoms with Gasteiger partial charge in [-0.1, -0.05) is 6.07 Å². The Balaban J connectivity index is 1.93. The fraction of sp³-hybridized carbons (Fsp3) is 0. The molecule has 0 bridgehead atoms. The highest BCUT2D eigenvalue weighted by Gasteiger charge is 2.09. The van der Waals surface area contributed by atoms with Crippen LogP contribution in [0.15, 0.2) is 48.1 Å². The quantitative estimate of drug-likeness (QED) is 0.588. The van der Waals surface area contributed by atoms with Crippen molar-refractivity contribution < 1.29 is 9.90 Å². The fourth-order valence-electron chi connectivity index (χ4n) is 1.83. The van der Waals surface area contributed by atoms with E-state index in [1.54, 1.807) is 17.7 Å². The summed E-state index contributed by atoms with van der Waals surface area (Å²) >= 11 is 1.23. The van der Waals surface area contributed by atoms with Crippen molar-refractivity contribution in [1.82, 2.24) is 9.38 Å². The number of pyridine rings is 1. The number of fused-ring (bicyclic) bond motifs is 1. The molecule has 3 heterocycles. The van der Waals surface area contributed by atoms with E-state index >= 15 is 0 Å². The van der Waals surface area contributed by atoms with Crippen LogP contribution >= 0.6 is 11.3 Å². The molecule has 0 unspecified atom stereocenters. The molecule has 0 amide bonds. The lowest BCUT2D eigenvalue weighted by molar-refractivity contribution is 0.104. The molecular formula is C14H10N2O2S. The zero-order valence-electron chi connectivity index (χ0n) is 9.85. The Kier molecular flexibility index (Phi) is 2.89. The smallest absolute Gasteiger partial charge is 0.199 e. The molecule has 0 aliphatic carbocycles. The molecule has 0 radical (unpaired) electrons. The Morgan fingerprint density at radius 3 is 3.05 bits per heavy atom. The predicted octanol–water partition coefficient (Wildman–Crippen LogP) is 3.00. The summed E-state index contributed by atoms with van der Waals surface area (Å²) in [6.45, 7) is 0. The van der Waals surface area contributed by atoms with Crippen LogP contribution in [0.25, 0.3) is 11.7 Å². The molecule has 19 heavy (non-hydrogen) atoms. The van der Waals surface area contributed by atoms with Crippen LogP contribution in [0.5, 0.6) is 5.75 Å². The van der Waals surface area contributed by atoms with Gasteiger partial charge in [-0.2, -0.15) is 0 Å². The third-order valence-electron chi connectivity index (χ3n) is 2.73. The largest absolute Gasteiger partial charge is 0.506 e. The van der Waals surface area contributed by atoms with E-state index in [0.29, 0.717) is 4.88 Å². The first-order valence-electron chi connectivity index (χ1n) is 5.66. The predicted molar refractivity (Wildman–Crippen MR) is 74.5 cm³/mol. The average molecular weight is 270 g/mol. The lowest BCUT2D eigenvalue weighted by Gasteiger charge is -1.99. The van der Waals surface area contributed by atoms with Crippen LogP contribution < -0.4 is 0 Å². The van der Waals surface area contributed by atoms with E-state index in [4.69, 9.17) is 0 Å². The molecule has 3 aromatic rings. The molecule has 1 N–H and O–H groups in total. The molecule has 0 aromatic carbocycles. The van der Waals surface area contributed by atoms with Gasteiger partial charge in [0.05, 0.1) is 0 Å². The number of hydrogen-bond acceptors (Lipinski definition) is 4. The summed E-state index contributed by atoms with van der Waals surface area (Å²) in [4.78, 5) is 16.4. The van der Waals surface area contributed by atoms with E-state index in [1.807, 2.05) is 28.8 Å². The van der Waals surface area contributed by atoms with Gasteiger partial charge in [0.15, 0.2) is 5.78 Å². The van der Waals surface area contributed by atoms with Crippen molar-refractivity contribution in [3.8, 4) is 5.75 Å². The van der Waals surface area contributed by atoms with Gasteiger partial charge in [-0.25, -0.2) is 4.98 Å². The highest BCUT2D eigenvalue weighted by Crippen LogP contribution is 2.24. The van der Waals surface area contributed by atoms with E-state index in [-0.39, 0.29) is 11.5 Å². The molecule has 4 nitrogen and oxygen atoms in total. The summed E-state index contributed by atoms with van der Waals surface area (Å²) in [6.07, 6.45) is 6.72. The van der Waals surface area contributed by atoms with Crippen molar-refractivity contribution in [2.75, 3.05) is 0 Å². The van der Waals surface area contributed by atoms with E-state index in [1.165, 1.54) is 23.5 Å². The van der Waals surface area contributed by atoms with Gasteiger partial charge in [0.1, 0.15) is 16.3 Å². The molecule has 0 saturated carbocycles. The van der Waals surface area contributed by atoms with Gasteiger partial charge in [0.2, 0.25) is 0 Å². The van der Waals surface area contributed by atoms with Gasteiger partial charge in [0.25, 0.3) is 0 Å². The first-order valence-corrected chi connectivity index (χ1v) is 6.54. The zero-order valence-corrected chi connectivity index (χ0v) is 10.7. The minimum atomic E-state index is -0.204. The van der Waals surface area contributed by atoms with E-state index in [2.05, 4.69) is 4.98 Å². The summed E-state index contributed by atoms with van der Waals surface area (Å²) in [7, 11) is 0. The number of aromatic nitrogens is 2. The van der Waals surface area contributed by atoms with E-state index < -0.39 is 0 Å². The van der Waals surface area contributed by atoms with Gasteiger partial charge in [0, 0.05) is 18.1 Å². The monoisotopic (exact) mass is 270 g/mol. The van der Waals surface area contributed by atoms with Crippen molar-refractivity contribution in [3.63, 3.8) is 0 Å². The Morgan fingerprint density at radius 2 is 2.26 bits per heavy atom. The molecule has 5 heteroatoms. The van der Waals surface area contributed by atoms with Crippen LogP contribution in [0.3, 0.4) is 0 Å². The first kappa shape index (κ1) is 11.7. The first-order chi connectivity index (χ1) is 9.25. The summed E-state index contributed by atoms with van der Waals surface area (Å²) in [5.74, 6) is -0.176. The maximum Gasteiger partial charge on any atom is 0.199 e. The molecule has 0 atom stereocenters. The normalized spacial score (nSPS) is 11.4. The average Bonchev–Trinajstić information content (AvgIpc) is 3.04. The number of aromatic hydroxyl groups is 1. The fourth-order valence-corrected chi connectivity index (χ4v) is 2.54. The molecule has 94 valence electrons. The molecule has 0 aliphatic heterocycles. The second kappa shape index (κ2) is 4.70. The van der Waals surface area contributed by atoms with Gasteiger partial charge in [-0.05, 0) is 35.7 Å². The van der Waals surface area contributed by atoms with E-state index in [9.17, 15) is 9.90 Å². The zero-order chi connectivity index (χ0) is 13.2. The Bertz CT molecular complexity index is 770. The Morgan fingerprint density at radius 1 is 1.37 bits per heavy atom. The maximum absolute atomic E-state index is 11.9. The minimum Gasteiger partial charge on any atom is -0.506 e. The molecular weight excluding hydrogens is 260 g/mol. The molecule has 0 fully saturated rings. The van der Waals surface area contributed by atoms with Crippen molar-refractivity contribution in [1.29, 1.82) is 0 Å². The Hall–Kier alpha value is -2.40. The van der Waals surface area contributed by atoms with Gasteiger partial charge >= 0.3 is 0 Å². The van der Waals surface area contributed by atoms with Gasteiger partial charge < -0.3 is 9.51 Å². The second-order valence-corrected chi connectivity index (χ2v) is 4.85. The molecule has 3 aromatic heterocycles. The highest BCUT2D eigenvalue weighted by molar-refractivity contribution is 7.12. The van der Waals surface area contributed by atoms with Crippen LogP contribution in [0.4, 0.5) is 0 Å².